The third-order valence-electron chi connectivity index (χ3n) is 5.41. The Labute approximate surface area is 190 Å². The zero-order chi connectivity index (χ0) is 23.3. The van der Waals surface area contributed by atoms with Gasteiger partial charge in [0, 0.05) is 42.2 Å². The van der Waals surface area contributed by atoms with Gasteiger partial charge in [-0.3, -0.25) is 10.2 Å². The Balaban J connectivity index is 1.74. The van der Waals surface area contributed by atoms with Crippen LogP contribution >= 0.6 is 0 Å². The number of carbonyl (C=O) groups is 1. The van der Waals surface area contributed by atoms with Crippen molar-refractivity contribution in [1.29, 1.82) is 5.41 Å². The highest BCUT2D eigenvalue weighted by Crippen LogP contribution is 2.20. The second kappa shape index (κ2) is 9.84. The lowest BCUT2D eigenvalue weighted by atomic mass is 9.99. The molecule has 0 atom stereocenters. The van der Waals surface area contributed by atoms with Gasteiger partial charge in [0.15, 0.2) is 0 Å². The number of nitrogen functional groups attached to an aromatic ring is 1. The summed E-state index contributed by atoms with van der Waals surface area (Å²) in [6, 6.07) is 21.0. The minimum absolute atomic E-state index is 0.0370. The first kappa shape index (κ1) is 22.6. The van der Waals surface area contributed by atoms with E-state index in [0.717, 1.165) is 28.1 Å². The number of amidine groups is 1. The second-order valence-corrected chi connectivity index (χ2v) is 7.80. The van der Waals surface area contributed by atoms with E-state index in [1.165, 1.54) is 0 Å². The van der Waals surface area contributed by atoms with Crippen molar-refractivity contribution in [1.82, 2.24) is 0 Å². The van der Waals surface area contributed by atoms with E-state index in [1.54, 1.807) is 11.9 Å². The molecule has 0 heterocycles. The average Bonchev–Trinajstić information content (AvgIpc) is 2.80. The van der Waals surface area contributed by atoms with Crippen molar-refractivity contribution in [2.45, 2.75) is 13.8 Å². The summed E-state index contributed by atoms with van der Waals surface area (Å²) in [5.41, 5.74) is 11.5. The number of hydrogen-bond donors (Lipinski definition) is 2. The summed E-state index contributed by atoms with van der Waals surface area (Å²) >= 11 is 0. The number of nitrogens with zero attached hydrogens (tertiary/aromatic N) is 2. The maximum Gasteiger partial charge on any atom is 0.258 e. The number of benzene rings is 3. The zero-order valence-electron chi connectivity index (χ0n) is 18.9. The molecular weight excluding hydrogens is 396 g/mol. The number of hydrogen-bond acceptors (Lipinski definition) is 3. The van der Waals surface area contributed by atoms with E-state index in [1.807, 2.05) is 92.5 Å². The highest BCUT2D eigenvalue weighted by molar-refractivity contribution is 6.06. The lowest BCUT2D eigenvalue weighted by molar-refractivity contribution is 0.0992. The van der Waals surface area contributed by atoms with Gasteiger partial charge in [0.2, 0.25) is 0 Å². The van der Waals surface area contributed by atoms with Crippen LogP contribution in [0.15, 0.2) is 66.7 Å². The van der Waals surface area contributed by atoms with Crippen LogP contribution in [0.4, 0.5) is 11.4 Å². The zero-order valence-corrected chi connectivity index (χ0v) is 18.9. The van der Waals surface area contributed by atoms with Crippen molar-refractivity contribution < 1.29 is 4.79 Å². The minimum atomic E-state index is -0.0370. The molecule has 3 aromatic rings. The lowest BCUT2D eigenvalue weighted by Crippen LogP contribution is -2.27. The Kier molecular flexibility index (Phi) is 6.97. The topological polar surface area (TPSA) is 73.4 Å². The quantitative estimate of drug-likeness (QED) is 0.363. The van der Waals surface area contributed by atoms with Crippen LogP contribution < -0.4 is 15.5 Å². The number of para-hydroxylation sites is 1. The summed E-state index contributed by atoms with van der Waals surface area (Å²) in [6.45, 7) is 4.47. The van der Waals surface area contributed by atoms with Crippen molar-refractivity contribution in [2.75, 3.05) is 30.4 Å². The van der Waals surface area contributed by atoms with Gasteiger partial charge in [-0.05, 0) is 73.5 Å². The van der Waals surface area contributed by atoms with Gasteiger partial charge >= 0.3 is 0 Å². The van der Waals surface area contributed by atoms with Crippen LogP contribution in [-0.4, -0.2) is 32.4 Å². The van der Waals surface area contributed by atoms with Crippen LogP contribution in [0.25, 0.3) is 0 Å². The molecule has 0 saturated carbocycles. The summed E-state index contributed by atoms with van der Waals surface area (Å²) in [6.07, 6.45) is 0. The molecule has 3 rings (SSSR count). The molecule has 0 aliphatic heterocycles. The predicted molar refractivity (Wildman–Crippen MR) is 133 cm³/mol. The molecule has 162 valence electrons. The molecule has 0 saturated heterocycles. The number of rotatable bonds is 5. The highest BCUT2D eigenvalue weighted by Gasteiger charge is 2.16. The minimum Gasteiger partial charge on any atom is -0.384 e. The van der Waals surface area contributed by atoms with E-state index < -0.39 is 0 Å². The van der Waals surface area contributed by atoms with Crippen LogP contribution in [0.5, 0.6) is 0 Å². The molecule has 0 spiro atoms. The standard InChI is InChI=1S/C27H28N4O/c1-19-18-25(27(32)31(4)24-10-6-5-7-11-24)20(2)17-22(19)9-8-16-30(3)23-14-12-21(13-15-23)26(28)29/h5-7,10-15,17-18H,16H2,1-4H3,(H3,28,29). The maximum atomic E-state index is 13.0. The molecule has 32 heavy (non-hydrogen) atoms. The number of nitrogens with two attached hydrogens (primary N) is 1. The lowest BCUT2D eigenvalue weighted by Gasteiger charge is -2.19. The fourth-order valence-electron chi connectivity index (χ4n) is 3.37. The monoisotopic (exact) mass is 424 g/mol. The smallest absolute Gasteiger partial charge is 0.258 e. The number of anilines is 2. The summed E-state index contributed by atoms with van der Waals surface area (Å²) in [4.78, 5) is 16.7. The Morgan fingerprint density at radius 2 is 1.59 bits per heavy atom. The van der Waals surface area contributed by atoms with Crippen LogP contribution in [-0.2, 0) is 0 Å². The molecule has 0 fully saturated rings. The molecule has 5 heteroatoms. The SMILES string of the molecule is Cc1cc(C(=O)N(C)c2ccccc2)c(C)cc1C#CCN(C)c1ccc(C(=N)N)cc1. The van der Waals surface area contributed by atoms with Gasteiger partial charge in [-0.1, -0.05) is 30.0 Å². The third-order valence-corrected chi connectivity index (χ3v) is 5.41. The molecule has 3 N–H and O–H groups in total. The van der Waals surface area contributed by atoms with E-state index in [0.29, 0.717) is 17.7 Å². The predicted octanol–water partition coefficient (Wildman–Crippen LogP) is 4.35. The van der Waals surface area contributed by atoms with Gasteiger partial charge in [-0.2, -0.15) is 0 Å². The largest absolute Gasteiger partial charge is 0.384 e. The van der Waals surface area contributed by atoms with Gasteiger partial charge < -0.3 is 15.5 Å². The van der Waals surface area contributed by atoms with Crippen LogP contribution in [0, 0.1) is 31.1 Å². The molecule has 0 aromatic heterocycles. The second-order valence-electron chi connectivity index (χ2n) is 7.80. The first-order chi connectivity index (χ1) is 15.3. The fraction of sp³-hybridized carbons (Fsp3) is 0.185. The summed E-state index contributed by atoms with van der Waals surface area (Å²) < 4.78 is 0. The van der Waals surface area contributed by atoms with Crippen LogP contribution in [0.2, 0.25) is 0 Å². The summed E-state index contributed by atoms with van der Waals surface area (Å²) in [5, 5.41) is 7.48. The first-order valence-electron chi connectivity index (χ1n) is 10.4. The van der Waals surface area contributed by atoms with Crippen molar-refractivity contribution in [2.24, 2.45) is 5.73 Å². The van der Waals surface area contributed by atoms with E-state index >= 15 is 0 Å². The molecule has 0 aliphatic rings. The molecule has 0 unspecified atom stereocenters. The van der Waals surface area contributed by atoms with E-state index in [2.05, 4.69) is 11.8 Å². The first-order valence-corrected chi connectivity index (χ1v) is 10.4. The van der Waals surface area contributed by atoms with E-state index in [-0.39, 0.29) is 11.7 Å². The molecule has 0 radical (unpaired) electrons. The molecule has 5 nitrogen and oxygen atoms in total. The summed E-state index contributed by atoms with van der Waals surface area (Å²) in [5.74, 6) is 6.48. The van der Waals surface area contributed by atoms with Crippen molar-refractivity contribution in [3.8, 4) is 11.8 Å². The van der Waals surface area contributed by atoms with Crippen LogP contribution in [0.3, 0.4) is 0 Å². The summed E-state index contributed by atoms with van der Waals surface area (Å²) in [7, 11) is 3.76. The van der Waals surface area contributed by atoms with Crippen molar-refractivity contribution in [3.05, 3.63) is 94.5 Å². The van der Waals surface area contributed by atoms with Gasteiger partial charge in [0.1, 0.15) is 5.84 Å². The Morgan fingerprint density at radius 1 is 0.938 bits per heavy atom. The van der Waals surface area contributed by atoms with Gasteiger partial charge in [0.25, 0.3) is 5.91 Å². The normalized spacial score (nSPS) is 10.1. The Hall–Kier alpha value is -4.04. The molecule has 0 bridgehead atoms. The third kappa shape index (κ3) is 5.16. The molecule has 3 aromatic carbocycles. The highest BCUT2D eigenvalue weighted by atomic mass is 16.2. The van der Waals surface area contributed by atoms with Gasteiger partial charge in [-0.15, -0.1) is 0 Å². The average molecular weight is 425 g/mol. The molecule has 0 aliphatic carbocycles. The Morgan fingerprint density at radius 3 is 2.22 bits per heavy atom. The Bertz CT molecular complexity index is 1190. The number of amides is 1. The number of aryl methyl sites for hydroxylation is 2. The number of nitrogens with one attached hydrogen (secondary N) is 1. The van der Waals surface area contributed by atoms with E-state index in [9.17, 15) is 4.79 Å². The van der Waals surface area contributed by atoms with Crippen molar-refractivity contribution in [3.63, 3.8) is 0 Å². The fourth-order valence-corrected chi connectivity index (χ4v) is 3.37. The number of carbonyl (C=O) groups excluding carboxylic acids is 1. The van der Waals surface area contributed by atoms with Crippen molar-refractivity contribution >= 4 is 23.1 Å². The molecular formula is C27H28N4O. The maximum absolute atomic E-state index is 13.0. The molecule has 1 amide bonds. The van der Waals surface area contributed by atoms with E-state index in [4.69, 9.17) is 11.1 Å². The van der Waals surface area contributed by atoms with Gasteiger partial charge in [-0.25, -0.2) is 0 Å². The van der Waals surface area contributed by atoms with Gasteiger partial charge in [0.05, 0.1) is 6.54 Å². The van der Waals surface area contributed by atoms with Crippen LogP contribution in [0.1, 0.15) is 32.6 Å².